The minimum absolute atomic E-state index is 0.0999. The standard InChI is InChI=1S/C21H23N3O/c1-16(21(25)19-15-22-20-10-6-5-9-18(19)20)23-11-13-24(14-12-23)17-7-3-2-4-8-17/h2-10,15-16,22H,11-14H2,1H3/t16-/m0/s1. The van der Waals surface area contributed by atoms with Crippen LogP contribution in [0.25, 0.3) is 10.9 Å². The summed E-state index contributed by atoms with van der Waals surface area (Å²) in [7, 11) is 0. The van der Waals surface area contributed by atoms with Crippen molar-refractivity contribution in [3.8, 4) is 0 Å². The van der Waals surface area contributed by atoms with Gasteiger partial charge in [-0.15, -0.1) is 0 Å². The lowest BCUT2D eigenvalue weighted by Crippen LogP contribution is -2.51. The van der Waals surface area contributed by atoms with Crippen LogP contribution in [0.2, 0.25) is 0 Å². The first-order valence-electron chi connectivity index (χ1n) is 8.88. The van der Waals surface area contributed by atoms with Crippen LogP contribution in [-0.4, -0.2) is 47.9 Å². The first-order valence-corrected chi connectivity index (χ1v) is 8.88. The quantitative estimate of drug-likeness (QED) is 0.742. The SMILES string of the molecule is C[C@@H](C(=O)c1c[nH]c2ccccc12)N1CCN(c2ccccc2)CC1. The Morgan fingerprint density at radius 2 is 1.64 bits per heavy atom. The topological polar surface area (TPSA) is 39.3 Å². The normalized spacial score (nSPS) is 16.9. The number of fused-ring (bicyclic) bond motifs is 1. The van der Waals surface area contributed by atoms with E-state index in [1.807, 2.05) is 43.5 Å². The number of aromatic amines is 1. The highest BCUT2D eigenvalue weighted by atomic mass is 16.1. The van der Waals surface area contributed by atoms with E-state index in [1.54, 1.807) is 0 Å². The van der Waals surface area contributed by atoms with Crippen molar-refractivity contribution in [1.82, 2.24) is 9.88 Å². The number of Topliss-reactive ketones (excluding diaryl/α,β-unsaturated/α-hetero) is 1. The third-order valence-electron chi connectivity index (χ3n) is 5.22. The first-order chi connectivity index (χ1) is 12.2. The molecule has 0 bridgehead atoms. The molecule has 128 valence electrons. The van der Waals surface area contributed by atoms with Crippen molar-refractivity contribution < 1.29 is 4.79 Å². The highest BCUT2D eigenvalue weighted by molar-refractivity contribution is 6.10. The number of hydrogen-bond acceptors (Lipinski definition) is 3. The molecule has 1 aliphatic rings. The molecule has 1 aliphatic heterocycles. The van der Waals surface area contributed by atoms with E-state index >= 15 is 0 Å². The molecule has 0 unspecified atom stereocenters. The molecule has 1 fully saturated rings. The molecule has 0 amide bonds. The van der Waals surface area contributed by atoms with E-state index in [4.69, 9.17) is 0 Å². The van der Waals surface area contributed by atoms with Gasteiger partial charge >= 0.3 is 0 Å². The minimum Gasteiger partial charge on any atom is -0.369 e. The molecule has 1 N–H and O–H groups in total. The van der Waals surface area contributed by atoms with Crippen LogP contribution in [0.4, 0.5) is 5.69 Å². The van der Waals surface area contributed by atoms with Crippen molar-refractivity contribution in [1.29, 1.82) is 0 Å². The van der Waals surface area contributed by atoms with Gasteiger partial charge in [0.2, 0.25) is 0 Å². The van der Waals surface area contributed by atoms with Gasteiger partial charge in [0.05, 0.1) is 6.04 Å². The summed E-state index contributed by atoms with van der Waals surface area (Å²) in [5.74, 6) is 0.200. The predicted octanol–water partition coefficient (Wildman–Crippen LogP) is 3.56. The third kappa shape index (κ3) is 3.05. The molecule has 1 atom stereocenters. The van der Waals surface area contributed by atoms with Crippen LogP contribution in [0.5, 0.6) is 0 Å². The second-order valence-electron chi connectivity index (χ2n) is 6.65. The molecule has 2 aromatic carbocycles. The predicted molar refractivity (Wildman–Crippen MR) is 102 cm³/mol. The number of rotatable bonds is 4. The van der Waals surface area contributed by atoms with Gasteiger partial charge in [0.25, 0.3) is 0 Å². The summed E-state index contributed by atoms with van der Waals surface area (Å²) in [6, 6.07) is 18.4. The maximum Gasteiger partial charge on any atom is 0.181 e. The lowest BCUT2D eigenvalue weighted by Gasteiger charge is -2.38. The number of anilines is 1. The summed E-state index contributed by atoms with van der Waals surface area (Å²) in [6.07, 6.45) is 1.85. The molecule has 4 nitrogen and oxygen atoms in total. The van der Waals surface area contributed by atoms with Crippen LogP contribution in [0.1, 0.15) is 17.3 Å². The summed E-state index contributed by atoms with van der Waals surface area (Å²) >= 11 is 0. The number of benzene rings is 2. The number of nitrogens with zero attached hydrogens (tertiary/aromatic N) is 2. The van der Waals surface area contributed by atoms with Gasteiger partial charge in [-0.1, -0.05) is 36.4 Å². The largest absolute Gasteiger partial charge is 0.369 e. The van der Waals surface area contributed by atoms with Crippen LogP contribution >= 0.6 is 0 Å². The molecular formula is C21H23N3O. The van der Waals surface area contributed by atoms with Crippen molar-refractivity contribution in [2.75, 3.05) is 31.1 Å². The van der Waals surface area contributed by atoms with Crippen LogP contribution in [0, 0.1) is 0 Å². The van der Waals surface area contributed by atoms with Crippen LogP contribution < -0.4 is 4.90 Å². The average molecular weight is 333 g/mol. The zero-order valence-electron chi connectivity index (χ0n) is 14.5. The fraction of sp³-hybridized carbons (Fsp3) is 0.286. The summed E-state index contributed by atoms with van der Waals surface area (Å²) in [5.41, 5.74) is 3.08. The van der Waals surface area contributed by atoms with E-state index in [2.05, 4.69) is 39.0 Å². The third-order valence-corrected chi connectivity index (χ3v) is 5.22. The van der Waals surface area contributed by atoms with Crippen molar-refractivity contribution in [3.05, 3.63) is 66.4 Å². The Bertz CT molecular complexity index is 863. The Kier molecular flexibility index (Phi) is 4.28. The number of para-hydroxylation sites is 2. The Morgan fingerprint density at radius 3 is 2.40 bits per heavy atom. The molecule has 4 rings (SSSR count). The van der Waals surface area contributed by atoms with Crippen molar-refractivity contribution >= 4 is 22.4 Å². The number of nitrogens with one attached hydrogen (secondary N) is 1. The van der Waals surface area contributed by atoms with Crippen LogP contribution in [0.15, 0.2) is 60.8 Å². The Labute approximate surface area is 148 Å². The van der Waals surface area contributed by atoms with E-state index in [0.29, 0.717) is 0 Å². The van der Waals surface area contributed by atoms with Gasteiger partial charge in [-0.25, -0.2) is 0 Å². The number of carbonyl (C=O) groups is 1. The molecule has 4 heteroatoms. The fourth-order valence-corrected chi connectivity index (χ4v) is 3.67. The van der Waals surface area contributed by atoms with Gasteiger partial charge in [-0.2, -0.15) is 0 Å². The van der Waals surface area contributed by atoms with E-state index in [0.717, 1.165) is 42.6 Å². The van der Waals surface area contributed by atoms with Crippen LogP contribution in [-0.2, 0) is 0 Å². The monoisotopic (exact) mass is 333 g/mol. The fourth-order valence-electron chi connectivity index (χ4n) is 3.67. The van der Waals surface area contributed by atoms with E-state index in [-0.39, 0.29) is 11.8 Å². The summed E-state index contributed by atoms with van der Waals surface area (Å²) in [4.78, 5) is 20.9. The van der Waals surface area contributed by atoms with Gasteiger partial charge < -0.3 is 9.88 Å². The van der Waals surface area contributed by atoms with Gasteiger partial charge in [0.15, 0.2) is 5.78 Å². The number of aromatic nitrogens is 1. The molecule has 1 aromatic heterocycles. The number of hydrogen-bond donors (Lipinski definition) is 1. The second kappa shape index (κ2) is 6.73. The molecule has 0 saturated carbocycles. The average Bonchev–Trinajstić information content (AvgIpc) is 3.12. The second-order valence-corrected chi connectivity index (χ2v) is 6.65. The molecule has 2 heterocycles. The van der Waals surface area contributed by atoms with E-state index in [1.165, 1.54) is 5.69 Å². The number of ketones is 1. The molecule has 25 heavy (non-hydrogen) atoms. The number of carbonyl (C=O) groups excluding carboxylic acids is 1. The smallest absolute Gasteiger partial charge is 0.181 e. The van der Waals surface area contributed by atoms with Gasteiger partial charge in [-0.3, -0.25) is 9.69 Å². The molecule has 0 aliphatic carbocycles. The van der Waals surface area contributed by atoms with Crippen molar-refractivity contribution in [2.45, 2.75) is 13.0 Å². The Morgan fingerprint density at radius 1 is 0.960 bits per heavy atom. The zero-order chi connectivity index (χ0) is 17.2. The van der Waals surface area contributed by atoms with Gasteiger partial charge in [-0.05, 0) is 25.1 Å². The first kappa shape index (κ1) is 15.9. The maximum absolute atomic E-state index is 13.0. The molecular weight excluding hydrogens is 310 g/mol. The lowest BCUT2D eigenvalue weighted by molar-refractivity contribution is 0.0831. The number of H-pyrrole nitrogens is 1. The minimum atomic E-state index is -0.0999. The van der Waals surface area contributed by atoms with Crippen LogP contribution in [0.3, 0.4) is 0 Å². The summed E-state index contributed by atoms with van der Waals surface area (Å²) in [6.45, 7) is 5.75. The van der Waals surface area contributed by atoms with E-state index in [9.17, 15) is 4.79 Å². The van der Waals surface area contributed by atoms with E-state index < -0.39 is 0 Å². The highest BCUT2D eigenvalue weighted by Gasteiger charge is 2.27. The highest BCUT2D eigenvalue weighted by Crippen LogP contribution is 2.22. The van der Waals surface area contributed by atoms with Crippen molar-refractivity contribution in [3.63, 3.8) is 0 Å². The summed E-state index contributed by atoms with van der Waals surface area (Å²) in [5, 5.41) is 1.02. The maximum atomic E-state index is 13.0. The molecule has 0 radical (unpaired) electrons. The zero-order valence-corrected chi connectivity index (χ0v) is 14.5. The number of piperazine rings is 1. The summed E-state index contributed by atoms with van der Waals surface area (Å²) < 4.78 is 0. The molecule has 1 saturated heterocycles. The molecule has 3 aromatic rings. The Balaban J connectivity index is 1.45. The Hall–Kier alpha value is -2.59. The van der Waals surface area contributed by atoms with Gasteiger partial charge in [0.1, 0.15) is 0 Å². The van der Waals surface area contributed by atoms with Crippen molar-refractivity contribution in [2.24, 2.45) is 0 Å². The van der Waals surface area contributed by atoms with Gasteiger partial charge in [0, 0.05) is 54.5 Å². The molecule has 0 spiro atoms. The lowest BCUT2D eigenvalue weighted by atomic mass is 10.0.